The highest BCUT2D eigenvalue weighted by atomic mass is 16.3. The molecule has 0 bridgehead atoms. The molecule has 0 aliphatic rings. The molecule has 0 unspecified atom stereocenters. The minimum atomic E-state index is 0.831. The highest BCUT2D eigenvalue weighted by Crippen LogP contribution is 2.51. The average Bonchev–Trinajstić information content (AvgIpc) is 4.03. The van der Waals surface area contributed by atoms with Gasteiger partial charge >= 0.3 is 0 Å². The predicted molar refractivity (Wildman–Crippen MR) is 258 cm³/mol. The zero-order valence-corrected chi connectivity index (χ0v) is 33.5. The van der Waals surface area contributed by atoms with Gasteiger partial charge in [0, 0.05) is 32.8 Å². The van der Waals surface area contributed by atoms with E-state index in [0.29, 0.717) is 0 Å². The molecule has 4 nitrogen and oxygen atoms in total. The Balaban J connectivity index is 1.24. The van der Waals surface area contributed by atoms with Crippen LogP contribution in [0.2, 0.25) is 0 Å². The third-order valence-corrected chi connectivity index (χ3v) is 12.5. The van der Waals surface area contributed by atoms with Crippen LogP contribution in [0.5, 0.6) is 0 Å². The van der Waals surface area contributed by atoms with Crippen LogP contribution in [0.25, 0.3) is 104 Å². The van der Waals surface area contributed by atoms with Crippen LogP contribution in [-0.2, 0) is 0 Å². The molecule has 13 aromatic rings. The van der Waals surface area contributed by atoms with Crippen LogP contribution in [0.15, 0.2) is 227 Å². The first-order valence-corrected chi connectivity index (χ1v) is 21.1. The lowest BCUT2D eigenvalue weighted by Crippen LogP contribution is -2.12. The lowest BCUT2D eigenvalue weighted by Gasteiger charge is -2.28. The molecule has 0 spiro atoms. The molecule has 62 heavy (non-hydrogen) atoms. The van der Waals surface area contributed by atoms with Gasteiger partial charge in [0.1, 0.15) is 22.3 Å². The van der Waals surface area contributed by atoms with E-state index in [-0.39, 0.29) is 0 Å². The van der Waals surface area contributed by atoms with Crippen molar-refractivity contribution in [3.05, 3.63) is 218 Å². The number of hydrogen-bond acceptors (Lipinski definition) is 3. The van der Waals surface area contributed by atoms with E-state index in [1.54, 1.807) is 0 Å². The van der Waals surface area contributed by atoms with Crippen molar-refractivity contribution in [3.8, 4) is 27.9 Å². The van der Waals surface area contributed by atoms with Gasteiger partial charge in [-0.2, -0.15) is 0 Å². The number of rotatable bonds is 6. The standard InChI is InChI=1S/C58H36N2O2/c1-4-17-37(18-5-1)40-35-45(38-19-6-2-7-20-38)57-46(36-40)43-26-14-29-49(58(43)59(57)41-22-8-3-9-23-41)60(47-27-15-31-51-54(47)44-25-12-13-30-50(44)61-51)48-28-16-32-52-56(48)55-42-24-11-10-21-39(42)33-34-53(55)62-52/h1-36H. The monoisotopic (exact) mass is 792 g/mol. The van der Waals surface area contributed by atoms with Gasteiger partial charge in [0.05, 0.1) is 38.9 Å². The second-order valence-corrected chi connectivity index (χ2v) is 16.0. The van der Waals surface area contributed by atoms with Gasteiger partial charge in [-0.3, -0.25) is 0 Å². The third kappa shape index (κ3) is 5.14. The van der Waals surface area contributed by atoms with Crippen LogP contribution in [0, 0.1) is 0 Å². The zero-order valence-electron chi connectivity index (χ0n) is 33.5. The minimum absolute atomic E-state index is 0.831. The summed E-state index contributed by atoms with van der Waals surface area (Å²) in [5.41, 5.74) is 14.4. The summed E-state index contributed by atoms with van der Waals surface area (Å²) in [7, 11) is 0. The van der Waals surface area contributed by atoms with Crippen molar-refractivity contribution in [2.75, 3.05) is 4.90 Å². The van der Waals surface area contributed by atoms with Crippen LogP contribution in [-0.4, -0.2) is 4.57 Å². The van der Waals surface area contributed by atoms with E-state index >= 15 is 0 Å². The minimum Gasteiger partial charge on any atom is -0.456 e. The summed E-state index contributed by atoms with van der Waals surface area (Å²) < 4.78 is 15.9. The van der Waals surface area contributed by atoms with Gasteiger partial charge in [0.15, 0.2) is 0 Å². The Hall–Kier alpha value is -8.34. The topological polar surface area (TPSA) is 34.5 Å². The Bertz CT molecular complexity index is 3860. The Kier molecular flexibility index (Phi) is 7.57. The number of benzene rings is 10. The molecule has 0 fully saturated rings. The summed E-state index contributed by atoms with van der Waals surface area (Å²) in [5.74, 6) is 0. The maximum atomic E-state index is 6.76. The largest absolute Gasteiger partial charge is 0.456 e. The highest BCUT2D eigenvalue weighted by Gasteiger charge is 2.28. The first-order valence-electron chi connectivity index (χ1n) is 21.1. The number of hydrogen-bond donors (Lipinski definition) is 0. The summed E-state index contributed by atoms with van der Waals surface area (Å²) in [6.45, 7) is 0. The van der Waals surface area contributed by atoms with Crippen LogP contribution in [0.4, 0.5) is 17.1 Å². The van der Waals surface area contributed by atoms with Crippen molar-refractivity contribution < 1.29 is 8.83 Å². The second kappa shape index (κ2) is 13.6. The van der Waals surface area contributed by atoms with Gasteiger partial charge < -0.3 is 18.3 Å². The SMILES string of the molecule is c1ccc(-c2cc(-c3ccccc3)c3c(c2)c2cccc(N(c4cccc5oc6ccccc6c45)c4cccc5oc6ccc7ccccc7c6c45)c2n3-c2ccccc2)cc1. The van der Waals surface area contributed by atoms with Gasteiger partial charge in [0.2, 0.25) is 0 Å². The Morgan fingerprint density at radius 1 is 0.323 bits per heavy atom. The number of para-hydroxylation sites is 3. The van der Waals surface area contributed by atoms with Gasteiger partial charge in [-0.05, 0) is 94.2 Å². The Morgan fingerprint density at radius 3 is 1.68 bits per heavy atom. The first-order chi connectivity index (χ1) is 30.8. The molecule has 4 heteroatoms. The van der Waals surface area contributed by atoms with Crippen molar-refractivity contribution in [2.24, 2.45) is 0 Å². The first kappa shape index (κ1) is 34.5. The fourth-order valence-electron chi connectivity index (χ4n) is 9.91. The molecule has 10 aromatic carbocycles. The van der Waals surface area contributed by atoms with Gasteiger partial charge in [-0.25, -0.2) is 0 Å². The summed E-state index contributed by atoms with van der Waals surface area (Å²) in [5, 5.41) is 8.91. The fourth-order valence-corrected chi connectivity index (χ4v) is 9.91. The zero-order chi connectivity index (χ0) is 40.7. The van der Waals surface area contributed by atoms with E-state index in [1.807, 2.05) is 6.07 Å². The molecular formula is C58H36N2O2. The summed E-state index contributed by atoms with van der Waals surface area (Å²) in [6.07, 6.45) is 0. The van der Waals surface area contributed by atoms with E-state index < -0.39 is 0 Å². The molecule has 0 amide bonds. The number of aromatic nitrogens is 1. The van der Waals surface area contributed by atoms with E-state index in [0.717, 1.165) is 99.6 Å². The third-order valence-electron chi connectivity index (χ3n) is 12.5. The van der Waals surface area contributed by atoms with Crippen LogP contribution in [0.1, 0.15) is 0 Å². The second-order valence-electron chi connectivity index (χ2n) is 16.0. The van der Waals surface area contributed by atoms with Crippen LogP contribution < -0.4 is 4.90 Å². The molecular weight excluding hydrogens is 757 g/mol. The molecule has 0 aliphatic carbocycles. The summed E-state index contributed by atoms with van der Waals surface area (Å²) in [6, 6.07) is 78.0. The van der Waals surface area contributed by atoms with Crippen molar-refractivity contribution in [2.45, 2.75) is 0 Å². The fraction of sp³-hybridized carbons (Fsp3) is 0. The molecule has 290 valence electrons. The van der Waals surface area contributed by atoms with Crippen molar-refractivity contribution in [1.82, 2.24) is 4.57 Å². The average molecular weight is 793 g/mol. The highest BCUT2D eigenvalue weighted by molar-refractivity contribution is 6.26. The number of fused-ring (bicyclic) bond motifs is 11. The van der Waals surface area contributed by atoms with E-state index in [9.17, 15) is 0 Å². The molecule has 0 atom stereocenters. The predicted octanol–water partition coefficient (Wildman–Crippen LogP) is 16.5. The van der Waals surface area contributed by atoms with Crippen molar-refractivity contribution >= 4 is 93.5 Å². The Morgan fingerprint density at radius 2 is 0.887 bits per heavy atom. The molecule has 3 heterocycles. The maximum Gasteiger partial charge on any atom is 0.137 e. The van der Waals surface area contributed by atoms with Crippen molar-refractivity contribution in [1.29, 1.82) is 0 Å². The number of anilines is 3. The van der Waals surface area contributed by atoms with Gasteiger partial charge in [0.25, 0.3) is 0 Å². The normalized spacial score (nSPS) is 11.9. The lowest BCUT2D eigenvalue weighted by molar-refractivity contribution is 0.669. The molecule has 13 rings (SSSR count). The number of furan rings is 2. The molecule has 3 aromatic heterocycles. The van der Waals surface area contributed by atoms with Gasteiger partial charge in [-0.1, -0.05) is 152 Å². The Labute approximate surface area is 356 Å². The molecule has 0 saturated carbocycles. The van der Waals surface area contributed by atoms with E-state index in [4.69, 9.17) is 8.83 Å². The van der Waals surface area contributed by atoms with Crippen LogP contribution >= 0.6 is 0 Å². The van der Waals surface area contributed by atoms with Crippen molar-refractivity contribution in [3.63, 3.8) is 0 Å². The molecule has 0 aliphatic heterocycles. The summed E-state index contributed by atoms with van der Waals surface area (Å²) >= 11 is 0. The van der Waals surface area contributed by atoms with Gasteiger partial charge in [-0.15, -0.1) is 0 Å². The lowest BCUT2D eigenvalue weighted by atomic mass is 9.95. The van der Waals surface area contributed by atoms with E-state index in [2.05, 4.69) is 222 Å². The quantitative estimate of drug-likeness (QED) is 0.168. The molecule has 0 N–H and O–H groups in total. The molecule has 0 radical (unpaired) electrons. The number of nitrogens with zero attached hydrogens (tertiary/aromatic N) is 2. The van der Waals surface area contributed by atoms with Crippen LogP contribution in [0.3, 0.4) is 0 Å². The maximum absolute atomic E-state index is 6.76. The molecule has 0 saturated heterocycles. The smallest absolute Gasteiger partial charge is 0.137 e. The summed E-state index contributed by atoms with van der Waals surface area (Å²) in [4.78, 5) is 2.46. The van der Waals surface area contributed by atoms with E-state index in [1.165, 1.54) is 21.9 Å².